The van der Waals surface area contributed by atoms with E-state index in [4.69, 9.17) is 33.2 Å². The highest BCUT2D eigenvalue weighted by atomic mass is 16.7. The van der Waals surface area contributed by atoms with E-state index in [1.807, 2.05) is 91.0 Å². The molecule has 2 heterocycles. The third-order valence-corrected chi connectivity index (χ3v) is 10.5. The van der Waals surface area contributed by atoms with Crippen LogP contribution in [-0.4, -0.2) is 120 Å². The molecular formula is C47H59N3O10. The van der Waals surface area contributed by atoms with Crippen molar-refractivity contribution in [3.63, 3.8) is 0 Å². The van der Waals surface area contributed by atoms with Crippen LogP contribution in [-0.2, 0) is 51.0 Å². The molecular weight excluding hydrogens is 767 g/mol. The van der Waals surface area contributed by atoms with Gasteiger partial charge in [0.1, 0.15) is 0 Å². The molecule has 60 heavy (non-hydrogen) atoms. The summed E-state index contributed by atoms with van der Waals surface area (Å²) >= 11 is 0. The van der Waals surface area contributed by atoms with E-state index in [2.05, 4.69) is 27.7 Å². The van der Waals surface area contributed by atoms with Gasteiger partial charge in [0.05, 0.1) is 90.9 Å². The number of hydrogen-bond donors (Lipinski definition) is 3. The van der Waals surface area contributed by atoms with Gasteiger partial charge in [-0.15, -0.1) is 0 Å². The molecule has 2 fully saturated rings. The van der Waals surface area contributed by atoms with Crippen LogP contribution in [0.25, 0.3) is 0 Å². The third-order valence-electron chi connectivity index (χ3n) is 10.5. The van der Waals surface area contributed by atoms with Crippen molar-refractivity contribution in [1.29, 1.82) is 0 Å². The van der Waals surface area contributed by atoms with Crippen LogP contribution < -0.4 is 10.6 Å². The molecule has 4 aromatic rings. The molecule has 2 aliphatic rings. The second kappa shape index (κ2) is 24.7. The fourth-order valence-corrected chi connectivity index (χ4v) is 7.32. The molecule has 0 spiro atoms. The molecule has 2 amide bonds. The average molecular weight is 826 g/mol. The Hall–Kier alpha value is -4.54. The molecule has 2 saturated heterocycles. The summed E-state index contributed by atoms with van der Waals surface area (Å²) in [4.78, 5) is 28.1. The fourth-order valence-electron chi connectivity index (χ4n) is 7.32. The van der Waals surface area contributed by atoms with E-state index < -0.39 is 24.5 Å². The Morgan fingerprint density at radius 1 is 0.650 bits per heavy atom. The Labute approximate surface area is 353 Å². The van der Waals surface area contributed by atoms with Gasteiger partial charge in [0.2, 0.25) is 0 Å². The molecule has 6 rings (SSSR count). The fraction of sp³-hybridized carbons (Fsp3) is 0.447. The summed E-state index contributed by atoms with van der Waals surface area (Å²) in [6.45, 7) is 8.05. The molecule has 3 N–H and O–H groups in total. The first kappa shape index (κ1) is 45.0. The zero-order chi connectivity index (χ0) is 41.8. The van der Waals surface area contributed by atoms with Gasteiger partial charge in [-0.1, -0.05) is 97.1 Å². The molecule has 0 aromatic heterocycles. The summed E-state index contributed by atoms with van der Waals surface area (Å²) < 4.78 is 42.9. The Morgan fingerprint density at radius 3 is 1.80 bits per heavy atom. The molecule has 2 aliphatic heterocycles. The monoisotopic (exact) mass is 825 g/mol. The largest absolute Gasteiger partial charge is 0.392 e. The number of nitrogens with one attached hydrogen (secondary N) is 2. The van der Waals surface area contributed by atoms with Gasteiger partial charge >= 0.3 is 6.03 Å². The number of anilines is 1. The van der Waals surface area contributed by atoms with Crippen LogP contribution in [0.1, 0.15) is 53.1 Å². The van der Waals surface area contributed by atoms with E-state index in [1.165, 1.54) is 6.92 Å². The van der Waals surface area contributed by atoms with Crippen molar-refractivity contribution in [3.8, 4) is 0 Å². The summed E-state index contributed by atoms with van der Waals surface area (Å²) in [6, 6.07) is 33.9. The third kappa shape index (κ3) is 14.3. The predicted octanol–water partition coefficient (Wildman–Crippen LogP) is 5.84. The number of ketones is 1. The lowest BCUT2D eigenvalue weighted by atomic mass is 9.83. The molecule has 0 bridgehead atoms. The molecule has 322 valence electrons. The Bertz CT molecular complexity index is 1830. The quantitative estimate of drug-likeness (QED) is 0.168. The van der Waals surface area contributed by atoms with Crippen molar-refractivity contribution in [3.05, 3.63) is 137 Å². The first-order valence-corrected chi connectivity index (χ1v) is 20.9. The molecule has 0 radical (unpaired) electrons. The molecule has 0 saturated carbocycles. The average Bonchev–Trinajstić information content (AvgIpc) is 3.27. The Kier molecular flexibility index (Phi) is 18.5. The van der Waals surface area contributed by atoms with Gasteiger partial charge in [-0.2, -0.15) is 0 Å². The minimum absolute atomic E-state index is 0.0686. The zero-order valence-corrected chi connectivity index (χ0v) is 34.5. The zero-order valence-electron chi connectivity index (χ0n) is 34.5. The van der Waals surface area contributed by atoms with Crippen molar-refractivity contribution in [2.75, 3.05) is 91.0 Å². The molecule has 0 aliphatic carbocycles. The summed E-state index contributed by atoms with van der Waals surface area (Å²) in [6.07, 6.45) is -1.24. The highest BCUT2D eigenvalue weighted by Gasteiger charge is 2.42. The van der Waals surface area contributed by atoms with Crippen molar-refractivity contribution < 1.29 is 47.9 Å². The van der Waals surface area contributed by atoms with E-state index in [0.29, 0.717) is 103 Å². The number of Topliss-reactive ketones (excluding diaryl/α,β-unsaturated/α-hetero) is 1. The minimum atomic E-state index is -0.809. The van der Waals surface area contributed by atoms with E-state index in [1.54, 1.807) is 6.07 Å². The highest BCUT2D eigenvalue weighted by Crippen LogP contribution is 2.47. The highest BCUT2D eigenvalue weighted by molar-refractivity contribution is 5.93. The first-order chi connectivity index (χ1) is 29.5. The van der Waals surface area contributed by atoms with Crippen LogP contribution in [0.15, 0.2) is 109 Å². The smallest absolute Gasteiger partial charge is 0.319 e. The summed E-state index contributed by atoms with van der Waals surface area (Å²) in [5.74, 6) is -0.359. The lowest BCUT2D eigenvalue weighted by Gasteiger charge is -2.44. The number of aliphatic hydroxyl groups excluding tert-OH is 1. The van der Waals surface area contributed by atoms with Crippen LogP contribution in [0.4, 0.5) is 10.5 Å². The number of ether oxygens (including phenoxy) is 7. The van der Waals surface area contributed by atoms with Crippen molar-refractivity contribution in [1.82, 2.24) is 10.2 Å². The first-order valence-electron chi connectivity index (χ1n) is 20.9. The van der Waals surface area contributed by atoms with Gasteiger partial charge in [0.15, 0.2) is 12.1 Å². The molecule has 1 unspecified atom stereocenters. The topological polar surface area (TPSA) is 146 Å². The van der Waals surface area contributed by atoms with Gasteiger partial charge in [0.25, 0.3) is 0 Å². The van der Waals surface area contributed by atoms with Gasteiger partial charge < -0.3 is 48.9 Å². The van der Waals surface area contributed by atoms with Gasteiger partial charge in [0, 0.05) is 36.8 Å². The SMILES string of the molecule is CC(=O)[C@@H](Cc1ccccc1)NC(=O)Nc1cccc(C2O[C@H](CN3CCOCCOCCOCCOCCOCC3)[C@@H](c3ccccc3)[C@H](c3ccc(CO)cc3)O2)c1. The maximum atomic E-state index is 13.3. The number of rotatable bonds is 11. The van der Waals surface area contributed by atoms with Crippen LogP contribution in [0.5, 0.6) is 0 Å². The molecule has 13 nitrogen and oxygen atoms in total. The van der Waals surface area contributed by atoms with Gasteiger partial charge in [-0.3, -0.25) is 9.69 Å². The summed E-state index contributed by atoms with van der Waals surface area (Å²) in [5.41, 5.74) is 4.99. The number of amides is 2. The molecule has 5 atom stereocenters. The number of nitrogens with zero attached hydrogens (tertiary/aromatic N) is 1. The Morgan fingerprint density at radius 2 is 1.22 bits per heavy atom. The second-order valence-electron chi connectivity index (χ2n) is 14.8. The standard InChI is InChI=1S/C47H59N3O10/c1-35(52)42(31-36-9-4-2-5-10-36)49-47(53)48-41-14-8-13-40(32-41)46-59-43(33-50-19-21-54-23-25-56-27-29-58-30-28-57-26-24-55-22-20-50)44(38-11-6-3-7-12-38)45(60-46)39-17-15-37(34-51)16-18-39/h2-18,32,42-46,51H,19-31,33-34H2,1H3,(H2,48,49,53)/t42-,43-,44-,45+,46?/m1/s1. The minimum Gasteiger partial charge on any atom is -0.392 e. The number of aliphatic hydroxyl groups is 1. The van der Waals surface area contributed by atoms with Crippen molar-refractivity contribution >= 4 is 17.5 Å². The summed E-state index contributed by atoms with van der Waals surface area (Å²) in [5, 5.41) is 15.6. The van der Waals surface area contributed by atoms with Crippen molar-refractivity contribution in [2.45, 2.75) is 50.4 Å². The normalized spacial score (nSPS) is 22.4. The summed E-state index contributed by atoms with van der Waals surface area (Å²) in [7, 11) is 0. The number of benzene rings is 4. The number of urea groups is 1. The van der Waals surface area contributed by atoms with E-state index in [-0.39, 0.29) is 24.4 Å². The van der Waals surface area contributed by atoms with Gasteiger partial charge in [-0.25, -0.2) is 4.79 Å². The molecule has 13 heteroatoms. The van der Waals surface area contributed by atoms with Gasteiger partial charge in [-0.05, 0) is 47.7 Å². The second-order valence-corrected chi connectivity index (χ2v) is 14.8. The van der Waals surface area contributed by atoms with Crippen molar-refractivity contribution in [2.24, 2.45) is 0 Å². The van der Waals surface area contributed by atoms with E-state index in [0.717, 1.165) is 22.3 Å². The van der Waals surface area contributed by atoms with E-state index in [9.17, 15) is 14.7 Å². The maximum absolute atomic E-state index is 13.3. The number of carbonyl (C=O) groups excluding carboxylic acids is 2. The predicted molar refractivity (Wildman–Crippen MR) is 227 cm³/mol. The van der Waals surface area contributed by atoms with Crippen LogP contribution in [0.2, 0.25) is 0 Å². The van der Waals surface area contributed by atoms with E-state index >= 15 is 0 Å². The van der Waals surface area contributed by atoms with Crippen LogP contribution >= 0.6 is 0 Å². The number of carbonyl (C=O) groups is 2. The lowest BCUT2D eigenvalue weighted by molar-refractivity contribution is -0.263. The number of hydrogen-bond acceptors (Lipinski definition) is 11. The van der Waals surface area contributed by atoms with Crippen LogP contribution in [0, 0.1) is 0 Å². The Balaban J connectivity index is 1.24. The van der Waals surface area contributed by atoms with Crippen LogP contribution in [0.3, 0.4) is 0 Å². The molecule has 4 aromatic carbocycles. The maximum Gasteiger partial charge on any atom is 0.319 e. The lowest BCUT2D eigenvalue weighted by Crippen LogP contribution is -2.46.